The van der Waals surface area contributed by atoms with Crippen LogP contribution in [0.4, 0.5) is 27.5 Å². The van der Waals surface area contributed by atoms with Crippen LogP contribution in [0.2, 0.25) is 0 Å². The Morgan fingerprint density at radius 1 is 0.828 bits per heavy atom. The van der Waals surface area contributed by atoms with Crippen molar-refractivity contribution in [1.29, 1.82) is 0 Å². The Morgan fingerprint density at radius 3 is 1.79 bits per heavy atom. The molecule has 0 aliphatic carbocycles. The van der Waals surface area contributed by atoms with Crippen LogP contribution in [0.1, 0.15) is 20.7 Å². The number of aromatic nitrogens is 2. The second-order valence-electron chi connectivity index (χ2n) is 5.78. The number of nitrogens with zero attached hydrogens (tertiary/aromatic N) is 2. The number of carbonyl (C=O) groups excluding carboxylic acids is 2. The Balaban J connectivity index is 1.74. The summed E-state index contributed by atoms with van der Waals surface area (Å²) in [5, 5.41) is 5.77. The zero-order valence-electron chi connectivity index (χ0n) is 15.6. The first-order valence-corrected chi connectivity index (χ1v) is 8.43. The van der Waals surface area contributed by atoms with E-state index in [-0.39, 0.29) is 11.8 Å². The Kier molecular flexibility index (Phi) is 5.98. The van der Waals surface area contributed by atoms with Crippen molar-refractivity contribution in [1.82, 2.24) is 9.97 Å². The van der Waals surface area contributed by atoms with Gasteiger partial charge in [0.1, 0.15) is 0 Å². The lowest BCUT2D eigenvalue weighted by Crippen LogP contribution is -2.05. The number of methoxy groups -OCH3 is 2. The monoisotopic (exact) mass is 396 g/mol. The smallest absolute Gasteiger partial charge is 0.337 e. The summed E-state index contributed by atoms with van der Waals surface area (Å²) in [5.41, 5.74) is 1.91. The highest BCUT2D eigenvalue weighted by Crippen LogP contribution is 2.21. The molecule has 0 saturated carbocycles. The fourth-order valence-electron chi connectivity index (χ4n) is 2.40. The van der Waals surface area contributed by atoms with Crippen LogP contribution in [0.3, 0.4) is 0 Å². The summed E-state index contributed by atoms with van der Waals surface area (Å²) in [4.78, 5) is 31.0. The molecule has 0 aliphatic heterocycles. The van der Waals surface area contributed by atoms with Gasteiger partial charge in [0.2, 0.25) is 5.95 Å². The summed E-state index contributed by atoms with van der Waals surface area (Å²) < 4.78 is 23.4. The van der Waals surface area contributed by atoms with Gasteiger partial charge in [-0.25, -0.2) is 19.0 Å². The molecule has 2 N–H and O–H groups in total. The topological polar surface area (TPSA) is 102 Å². The number of nitrogens with one attached hydrogen (secondary N) is 2. The standard InChI is InChI=1S/C20H17FN4O4/c1-28-18(26)12-3-7-14(8-4-12)23-17-16(21)11-22-20(25-17)24-15-9-5-13(6-10-15)19(27)29-2/h3-11H,1-2H3,(H2,22,23,24,25). The molecule has 1 heterocycles. The average Bonchev–Trinajstić information content (AvgIpc) is 2.76. The number of anilines is 4. The SMILES string of the molecule is COC(=O)c1ccc(Nc2ncc(F)c(Nc3ccc(C(=O)OC)cc3)n2)cc1. The highest BCUT2D eigenvalue weighted by molar-refractivity contribution is 5.90. The molecule has 0 radical (unpaired) electrons. The van der Waals surface area contributed by atoms with Crippen molar-refractivity contribution in [2.45, 2.75) is 0 Å². The Hall–Kier alpha value is -4.01. The number of ether oxygens (including phenoxy) is 2. The predicted molar refractivity (Wildman–Crippen MR) is 104 cm³/mol. The molecule has 0 bridgehead atoms. The van der Waals surface area contributed by atoms with Crippen molar-refractivity contribution >= 4 is 35.1 Å². The Morgan fingerprint density at radius 2 is 1.31 bits per heavy atom. The first-order chi connectivity index (χ1) is 14.0. The zero-order chi connectivity index (χ0) is 20.8. The van der Waals surface area contributed by atoms with E-state index in [4.69, 9.17) is 0 Å². The van der Waals surface area contributed by atoms with Gasteiger partial charge in [0.15, 0.2) is 11.6 Å². The lowest BCUT2D eigenvalue weighted by molar-refractivity contribution is 0.0592. The van der Waals surface area contributed by atoms with Crippen molar-refractivity contribution in [3.63, 3.8) is 0 Å². The summed E-state index contributed by atoms with van der Waals surface area (Å²) in [7, 11) is 2.60. The first-order valence-electron chi connectivity index (χ1n) is 8.43. The molecule has 0 aliphatic rings. The number of esters is 2. The van der Waals surface area contributed by atoms with Crippen molar-refractivity contribution in [2.75, 3.05) is 24.9 Å². The first kappa shape index (κ1) is 19.7. The van der Waals surface area contributed by atoms with E-state index in [9.17, 15) is 14.0 Å². The van der Waals surface area contributed by atoms with Crippen LogP contribution in [0, 0.1) is 5.82 Å². The minimum absolute atomic E-state index is 0.0421. The van der Waals surface area contributed by atoms with Gasteiger partial charge in [-0.05, 0) is 48.5 Å². The van der Waals surface area contributed by atoms with Crippen molar-refractivity contribution in [3.8, 4) is 0 Å². The molecule has 0 atom stereocenters. The van der Waals surface area contributed by atoms with Gasteiger partial charge in [-0.15, -0.1) is 0 Å². The Bertz CT molecular complexity index is 1020. The number of carbonyl (C=O) groups is 2. The van der Waals surface area contributed by atoms with Crippen LogP contribution in [-0.2, 0) is 9.47 Å². The molecule has 9 heteroatoms. The van der Waals surface area contributed by atoms with Gasteiger partial charge in [-0.3, -0.25) is 0 Å². The Labute approximate surface area is 165 Å². The molecule has 148 valence electrons. The molecule has 0 fully saturated rings. The number of rotatable bonds is 6. The van der Waals surface area contributed by atoms with Gasteiger partial charge < -0.3 is 20.1 Å². The number of benzene rings is 2. The molecule has 3 rings (SSSR count). The minimum Gasteiger partial charge on any atom is -0.465 e. The van der Waals surface area contributed by atoms with Gasteiger partial charge in [-0.1, -0.05) is 0 Å². The van der Waals surface area contributed by atoms with E-state index in [0.717, 1.165) is 6.20 Å². The van der Waals surface area contributed by atoms with Crippen LogP contribution in [0.15, 0.2) is 54.7 Å². The molecule has 29 heavy (non-hydrogen) atoms. The molecule has 0 unspecified atom stereocenters. The largest absolute Gasteiger partial charge is 0.465 e. The third-order valence-electron chi connectivity index (χ3n) is 3.87. The summed E-state index contributed by atoms with van der Waals surface area (Å²) in [6, 6.07) is 12.8. The van der Waals surface area contributed by atoms with Crippen LogP contribution in [-0.4, -0.2) is 36.1 Å². The molecule has 0 amide bonds. The van der Waals surface area contributed by atoms with E-state index in [1.54, 1.807) is 48.5 Å². The van der Waals surface area contributed by atoms with Crippen molar-refractivity contribution in [2.24, 2.45) is 0 Å². The predicted octanol–water partition coefficient (Wildman–Crippen LogP) is 3.68. The summed E-state index contributed by atoms with van der Waals surface area (Å²) >= 11 is 0. The van der Waals surface area contributed by atoms with Gasteiger partial charge in [0.05, 0.1) is 31.5 Å². The molecule has 8 nitrogen and oxygen atoms in total. The van der Waals surface area contributed by atoms with Crippen molar-refractivity contribution < 1.29 is 23.5 Å². The van der Waals surface area contributed by atoms with E-state index in [2.05, 4.69) is 30.1 Å². The second-order valence-corrected chi connectivity index (χ2v) is 5.78. The fraction of sp³-hybridized carbons (Fsp3) is 0.100. The zero-order valence-corrected chi connectivity index (χ0v) is 15.6. The van der Waals surface area contributed by atoms with Crippen LogP contribution in [0.5, 0.6) is 0 Å². The minimum atomic E-state index is -0.645. The highest BCUT2D eigenvalue weighted by atomic mass is 19.1. The van der Waals surface area contributed by atoms with Crippen molar-refractivity contribution in [3.05, 3.63) is 71.7 Å². The van der Waals surface area contributed by atoms with Gasteiger partial charge >= 0.3 is 11.9 Å². The van der Waals surface area contributed by atoms with E-state index in [1.165, 1.54) is 14.2 Å². The van der Waals surface area contributed by atoms with Gasteiger partial charge in [0, 0.05) is 11.4 Å². The number of hydrogen-bond acceptors (Lipinski definition) is 8. The van der Waals surface area contributed by atoms with E-state index < -0.39 is 17.8 Å². The summed E-state index contributed by atoms with van der Waals surface area (Å²) in [5.74, 6) is -1.44. The van der Waals surface area contributed by atoms with Crippen LogP contribution in [0.25, 0.3) is 0 Å². The molecule has 0 spiro atoms. The molecular weight excluding hydrogens is 379 g/mol. The number of halogens is 1. The lowest BCUT2D eigenvalue weighted by atomic mass is 10.2. The van der Waals surface area contributed by atoms with E-state index in [1.807, 2.05) is 0 Å². The van der Waals surface area contributed by atoms with E-state index >= 15 is 0 Å². The van der Waals surface area contributed by atoms with E-state index in [0.29, 0.717) is 22.5 Å². The quantitative estimate of drug-likeness (QED) is 0.609. The highest BCUT2D eigenvalue weighted by Gasteiger charge is 2.10. The molecular formula is C20H17FN4O4. The maximum Gasteiger partial charge on any atom is 0.337 e. The fourth-order valence-corrected chi connectivity index (χ4v) is 2.40. The second kappa shape index (κ2) is 8.79. The third-order valence-corrected chi connectivity index (χ3v) is 3.87. The maximum atomic E-state index is 14.1. The molecule has 2 aromatic carbocycles. The summed E-state index contributed by atoms with van der Waals surface area (Å²) in [6.07, 6.45) is 1.03. The normalized spacial score (nSPS) is 10.2. The maximum absolute atomic E-state index is 14.1. The molecule has 1 aromatic heterocycles. The lowest BCUT2D eigenvalue weighted by Gasteiger charge is -2.10. The molecule has 3 aromatic rings. The molecule has 0 saturated heterocycles. The van der Waals surface area contributed by atoms with Crippen LogP contribution < -0.4 is 10.6 Å². The van der Waals surface area contributed by atoms with Crippen LogP contribution >= 0.6 is 0 Å². The number of hydrogen-bond donors (Lipinski definition) is 2. The average molecular weight is 396 g/mol. The van der Waals surface area contributed by atoms with Gasteiger partial charge in [0.25, 0.3) is 0 Å². The summed E-state index contributed by atoms with van der Waals surface area (Å²) in [6.45, 7) is 0. The third kappa shape index (κ3) is 4.83. The van der Waals surface area contributed by atoms with Gasteiger partial charge in [-0.2, -0.15) is 4.98 Å².